The fourth-order valence-electron chi connectivity index (χ4n) is 1.43. The number of hydroxylamine groups is 1. The zero-order chi connectivity index (χ0) is 13.7. The summed E-state index contributed by atoms with van der Waals surface area (Å²) in [7, 11) is 0. The van der Waals surface area contributed by atoms with Crippen LogP contribution in [0.5, 0.6) is 0 Å². The Kier molecular flexibility index (Phi) is 3.99. The molecule has 0 unspecified atom stereocenters. The van der Waals surface area contributed by atoms with Gasteiger partial charge in [0.25, 0.3) is 5.91 Å². The first-order valence-electron chi connectivity index (χ1n) is 5.44. The number of hydrogen-bond donors (Lipinski definition) is 3. The molecule has 7 heteroatoms. The highest BCUT2D eigenvalue weighted by Gasteiger charge is 2.10. The number of rotatable bonds is 4. The number of amides is 1. The Bertz CT molecular complexity index is 577. The summed E-state index contributed by atoms with van der Waals surface area (Å²) in [4.78, 5) is 18.9. The van der Waals surface area contributed by atoms with Crippen LogP contribution in [0.25, 0.3) is 0 Å². The maximum absolute atomic E-state index is 13.6. The van der Waals surface area contributed by atoms with Crippen molar-refractivity contribution in [2.75, 3.05) is 5.32 Å². The maximum Gasteiger partial charge on any atom is 0.276 e. The van der Waals surface area contributed by atoms with E-state index in [0.717, 1.165) is 18.0 Å². The zero-order valence-corrected chi connectivity index (χ0v) is 9.80. The second-order valence-corrected chi connectivity index (χ2v) is 3.67. The third-order valence-electron chi connectivity index (χ3n) is 2.37. The van der Waals surface area contributed by atoms with E-state index < -0.39 is 11.7 Å². The summed E-state index contributed by atoms with van der Waals surface area (Å²) in [5, 5.41) is 11.2. The number of nitrogens with zero attached hydrogens (tertiary/aromatic N) is 2. The van der Waals surface area contributed by atoms with Gasteiger partial charge in [0, 0.05) is 12.4 Å². The number of carbonyl (C=O) groups excluding carboxylic acids is 1. The standard InChI is InChI=1S/C12H11FN4O2/c13-10-5-8(12(18)17-19)6-15-11(10)16-7-9-3-1-2-4-14-9/h1-6,19H,7H2,(H,15,16)(H,17,18). The van der Waals surface area contributed by atoms with Crippen LogP contribution < -0.4 is 10.8 Å². The normalized spacial score (nSPS) is 10.0. The molecule has 0 aromatic carbocycles. The summed E-state index contributed by atoms with van der Waals surface area (Å²) in [5.41, 5.74) is 2.08. The number of halogens is 1. The first-order valence-corrected chi connectivity index (χ1v) is 5.44. The SMILES string of the molecule is O=C(NO)c1cnc(NCc2ccccn2)c(F)c1. The van der Waals surface area contributed by atoms with Gasteiger partial charge >= 0.3 is 0 Å². The van der Waals surface area contributed by atoms with Crippen LogP contribution in [-0.4, -0.2) is 21.1 Å². The molecule has 1 amide bonds. The highest BCUT2D eigenvalue weighted by molar-refractivity contribution is 5.93. The molecule has 2 aromatic rings. The quantitative estimate of drug-likeness (QED) is 0.572. The monoisotopic (exact) mass is 262 g/mol. The highest BCUT2D eigenvalue weighted by Crippen LogP contribution is 2.12. The first-order chi connectivity index (χ1) is 9.20. The molecule has 2 aromatic heterocycles. The molecule has 6 nitrogen and oxygen atoms in total. The second-order valence-electron chi connectivity index (χ2n) is 3.67. The molecule has 2 heterocycles. The molecule has 2 rings (SSSR count). The number of aromatic nitrogens is 2. The third kappa shape index (κ3) is 3.23. The van der Waals surface area contributed by atoms with Crippen molar-refractivity contribution in [3.8, 4) is 0 Å². The molecule has 0 bridgehead atoms. The van der Waals surface area contributed by atoms with E-state index in [4.69, 9.17) is 5.21 Å². The van der Waals surface area contributed by atoms with Gasteiger partial charge < -0.3 is 5.32 Å². The summed E-state index contributed by atoms with van der Waals surface area (Å²) in [6, 6.07) is 6.38. The van der Waals surface area contributed by atoms with Gasteiger partial charge in [-0.15, -0.1) is 0 Å². The van der Waals surface area contributed by atoms with Gasteiger partial charge in [0.05, 0.1) is 17.8 Å². The Hall–Kier alpha value is -2.54. The van der Waals surface area contributed by atoms with Gasteiger partial charge in [-0.2, -0.15) is 0 Å². The fourth-order valence-corrected chi connectivity index (χ4v) is 1.43. The summed E-state index contributed by atoms with van der Waals surface area (Å²) < 4.78 is 13.6. The Morgan fingerprint density at radius 1 is 1.37 bits per heavy atom. The van der Waals surface area contributed by atoms with Gasteiger partial charge in [0.15, 0.2) is 11.6 Å². The van der Waals surface area contributed by atoms with Crippen LogP contribution in [0.3, 0.4) is 0 Å². The summed E-state index contributed by atoms with van der Waals surface area (Å²) in [6.07, 6.45) is 2.80. The molecule has 0 aliphatic heterocycles. The van der Waals surface area contributed by atoms with Crippen molar-refractivity contribution in [2.45, 2.75) is 6.54 Å². The van der Waals surface area contributed by atoms with Gasteiger partial charge in [-0.25, -0.2) is 14.9 Å². The molecule has 0 saturated heterocycles. The predicted octanol–water partition coefficient (Wildman–Crippen LogP) is 1.35. The molecule has 0 aliphatic carbocycles. The molecule has 0 radical (unpaired) electrons. The van der Waals surface area contributed by atoms with E-state index in [0.29, 0.717) is 6.54 Å². The molecular weight excluding hydrogens is 251 g/mol. The molecule has 3 N–H and O–H groups in total. The highest BCUT2D eigenvalue weighted by atomic mass is 19.1. The average Bonchev–Trinajstić information content (AvgIpc) is 2.46. The van der Waals surface area contributed by atoms with Crippen molar-refractivity contribution >= 4 is 11.7 Å². The fraction of sp³-hybridized carbons (Fsp3) is 0.0833. The Morgan fingerprint density at radius 3 is 2.84 bits per heavy atom. The van der Waals surface area contributed by atoms with Crippen molar-refractivity contribution in [1.82, 2.24) is 15.4 Å². The predicted molar refractivity (Wildman–Crippen MR) is 65.0 cm³/mol. The van der Waals surface area contributed by atoms with Crippen LogP contribution in [0.15, 0.2) is 36.7 Å². The lowest BCUT2D eigenvalue weighted by Gasteiger charge is -2.07. The van der Waals surface area contributed by atoms with Gasteiger partial charge in [0.2, 0.25) is 0 Å². The van der Waals surface area contributed by atoms with Crippen LogP contribution in [0.1, 0.15) is 16.1 Å². The number of hydrogen-bond acceptors (Lipinski definition) is 5. The van der Waals surface area contributed by atoms with Gasteiger partial charge in [-0.3, -0.25) is 15.0 Å². The van der Waals surface area contributed by atoms with Crippen molar-refractivity contribution in [2.24, 2.45) is 0 Å². The van der Waals surface area contributed by atoms with Crippen LogP contribution in [0.4, 0.5) is 10.2 Å². The molecule has 0 spiro atoms. The lowest BCUT2D eigenvalue weighted by molar-refractivity contribution is 0.0705. The molecule has 19 heavy (non-hydrogen) atoms. The van der Waals surface area contributed by atoms with Crippen LogP contribution in [0, 0.1) is 5.82 Å². The average molecular weight is 262 g/mol. The summed E-state index contributed by atoms with van der Waals surface area (Å²) in [5.74, 6) is -1.49. The first kappa shape index (κ1) is 12.9. The van der Waals surface area contributed by atoms with E-state index in [2.05, 4.69) is 15.3 Å². The molecule has 0 fully saturated rings. The third-order valence-corrected chi connectivity index (χ3v) is 2.37. The van der Waals surface area contributed by atoms with E-state index in [1.165, 1.54) is 5.48 Å². The smallest absolute Gasteiger partial charge is 0.276 e. The lowest BCUT2D eigenvalue weighted by atomic mass is 10.2. The minimum Gasteiger partial charge on any atom is -0.362 e. The van der Waals surface area contributed by atoms with E-state index in [-0.39, 0.29) is 11.4 Å². The molecule has 0 aliphatic rings. The van der Waals surface area contributed by atoms with E-state index in [9.17, 15) is 9.18 Å². The lowest BCUT2D eigenvalue weighted by Crippen LogP contribution is -2.19. The van der Waals surface area contributed by atoms with Gasteiger partial charge in [-0.1, -0.05) is 6.07 Å². The maximum atomic E-state index is 13.6. The Labute approximate surface area is 108 Å². The number of nitrogens with one attached hydrogen (secondary N) is 2. The minimum absolute atomic E-state index is 0.0140. The molecule has 0 saturated carbocycles. The number of carbonyl (C=O) groups is 1. The van der Waals surface area contributed by atoms with Crippen molar-refractivity contribution in [3.05, 3.63) is 53.7 Å². The van der Waals surface area contributed by atoms with Crippen LogP contribution in [0.2, 0.25) is 0 Å². The minimum atomic E-state index is -0.817. The number of pyridine rings is 2. The summed E-state index contributed by atoms with van der Waals surface area (Å²) >= 11 is 0. The second kappa shape index (κ2) is 5.87. The van der Waals surface area contributed by atoms with E-state index in [1.807, 2.05) is 6.07 Å². The van der Waals surface area contributed by atoms with Crippen molar-refractivity contribution in [3.63, 3.8) is 0 Å². The molecule has 98 valence electrons. The topological polar surface area (TPSA) is 87.1 Å². The van der Waals surface area contributed by atoms with Crippen molar-refractivity contribution < 1.29 is 14.4 Å². The largest absolute Gasteiger partial charge is 0.362 e. The van der Waals surface area contributed by atoms with Crippen LogP contribution >= 0.6 is 0 Å². The summed E-state index contributed by atoms with van der Waals surface area (Å²) in [6.45, 7) is 0.316. The Balaban J connectivity index is 2.07. The van der Waals surface area contributed by atoms with E-state index >= 15 is 0 Å². The van der Waals surface area contributed by atoms with E-state index in [1.54, 1.807) is 18.3 Å². The van der Waals surface area contributed by atoms with Crippen LogP contribution in [-0.2, 0) is 6.54 Å². The van der Waals surface area contributed by atoms with Crippen molar-refractivity contribution in [1.29, 1.82) is 0 Å². The van der Waals surface area contributed by atoms with Gasteiger partial charge in [0.1, 0.15) is 0 Å². The number of anilines is 1. The Morgan fingerprint density at radius 2 is 2.21 bits per heavy atom. The zero-order valence-electron chi connectivity index (χ0n) is 9.80. The molecule has 0 atom stereocenters. The van der Waals surface area contributed by atoms with Gasteiger partial charge in [-0.05, 0) is 18.2 Å². The molecular formula is C12H11FN4O2.